The minimum absolute atomic E-state index is 0.0707. The molecule has 2 heteroatoms. The lowest BCUT2D eigenvalue weighted by atomic mass is 9.70. The van der Waals surface area contributed by atoms with Gasteiger partial charge in [-0.3, -0.25) is 0 Å². The van der Waals surface area contributed by atoms with Gasteiger partial charge in [0.25, 0.3) is 0 Å². The van der Waals surface area contributed by atoms with E-state index in [0.29, 0.717) is 0 Å². The molecule has 8 aromatic carbocycles. The second-order valence-corrected chi connectivity index (χ2v) is 17.3. The first-order valence-corrected chi connectivity index (χ1v) is 21.0. The van der Waals surface area contributed by atoms with Gasteiger partial charge in [0.2, 0.25) is 0 Å². The summed E-state index contributed by atoms with van der Waals surface area (Å²) in [5.74, 6) is 0. The van der Waals surface area contributed by atoms with Crippen LogP contribution in [-0.2, 0) is 10.8 Å². The van der Waals surface area contributed by atoms with E-state index in [4.69, 9.17) is 0 Å². The number of nitrogens with zero attached hydrogens (tertiary/aromatic N) is 1. The van der Waals surface area contributed by atoms with Crippen molar-refractivity contribution in [1.82, 2.24) is 0 Å². The van der Waals surface area contributed by atoms with Gasteiger partial charge in [0.05, 0.1) is 16.8 Å². The number of hydrogen-bond donors (Lipinski definition) is 0. The standard InChI is InChI=1S/C54H37NS/c1-6-20-41-35(15-1)38-30-29-34(33-46(38)53(41)31-11-12-32-53)55(48-26-14-28-50-52(48)40-19-5-10-27-49(40)56-50)47-25-13-24-45-51(47)39-18-4-9-23-44(39)54(45)42-21-7-2-16-36(42)37-17-3-8-22-43(37)54/h1-10,13-30,33H,11-12,31-32H2. The SMILES string of the molecule is c1ccc2c(c1)-c1ccc(N(c3cccc4c3-c3ccccc3C43c4ccccc4-c4ccccc43)c3cccc4sc5ccccc5c34)cc1C21CCCC1. The van der Waals surface area contributed by atoms with Crippen molar-refractivity contribution in [2.45, 2.75) is 36.5 Å². The highest BCUT2D eigenvalue weighted by Crippen LogP contribution is 2.65. The molecule has 1 nitrogen and oxygen atoms in total. The molecule has 1 heterocycles. The first-order chi connectivity index (χ1) is 27.8. The Balaban J connectivity index is 1.14. The predicted octanol–water partition coefficient (Wildman–Crippen LogP) is 14.7. The Labute approximate surface area is 331 Å². The van der Waals surface area contributed by atoms with E-state index in [9.17, 15) is 0 Å². The van der Waals surface area contributed by atoms with Gasteiger partial charge < -0.3 is 4.90 Å². The maximum atomic E-state index is 2.63. The van der Waals surface area contributed by atoms with Crippen LogP contribution in [-0.4, -0.2) is 0 Å². The second kappa shape index (κ2) is 11.2. The quantitative estimate of drug-likeness (QED) is 0.175. The van der Waals surface area contributed by atoms with E-state index in [1.807, 2.05) is 11.3 Å². The van der Waals surface area contributed by atoms with Gasteiger partial charge in [-0.2, -0.15) is 0 Å². The van der Waals surface area contributed by atoms with E-state index in [-0.39, 0.29) is 5.41 Å². The smallest absolute Gasteiger partial charge is 0.0726 e. The average molecular weight is 732 g/mol. The Bertz CT molecular complexity index is 3070. The fourth-order valence-corrected chi connectivity index (χ4v) is 12.9. The third kappa shape index (κ3) is 3.76. The molecule has 4 aliphatic rings. The van der Waals surface area contributed by atoms with Gasteiger partial charge in [-0.1, -0.05) is 152 Å². The van der Waals surface area contributed by atoms with E-state index < -0.39 is 5.41 Å². The van der Waals surface area contributed by atoms with Crippen LogP contribution in [0.3, 0.4) is 0 Å². The zero-order valence-corrected chi connectivity index (χ0v) is 31.7. The summed E-state index contributed by atoms with van der Waals surface area (Å²) >= 11 is 1.90. The Morgan fingerprint density at radius 2 is 0.946 bits per heavy atom. The summed E-state index contributed by atoms with van der Waals surface area (Å²) in [4.78, 5) is 2.63. The van der Waals surface area contributed by atoms with Crippen molar-refractivity contribution >= 4 is 48.6 Å². The van der Waals surface area contributed by atoms with Crippen molar-refractivity contribution < 1.29 is 0 Å². The van der Waals surface area contributed by atoms with Gasteiger partial charge in [0.15, 0.2) is 0 Å². The van der Waals surface area contributed by atoms with E-state index in [1.54, 1.807) is 0 Å². The molecule has 0 atom stereocenters. The summed E-state index contributed by atoms with van der Waals surface area (Å²) in [5, 5.41) is 2.64. The van der Waals surface area contributed by atoms with Crippen LogP contribution in [0.4, 0.5) is 17.1 Å². The third-order valence-electron chi connectivity index (χ3n) is 13.8. The van der Waals surface area contributed by atoms with Crippen LogP contribution in [0.25, 0.3) is 53.6 Å². The molecule has 56 heavy (non-hydrogen) atoms. The van der Waals surface area contributed by atoms with Crippen molar-refractivity contribution in [1.29, 1.82) is 0 Å². The maximum absolute atomic E-state index is 2.63. The molecule has 0 amide bonds. The Kier molecular flexibility index (Phi) is 6.20. The van der Waals surface area contributed by atoms with Crippen LogP contribution in [0.15, 0.2) is 176 Å². The summed E-state index contributed by atoms with van der Waals surface area (Å²) in [7, 11) is 0. The molecule has 0 saturated heterocycles. The first-order valence-electron chi connectivity index (χ1n) is 20.1. The number of hydrogen-bond acceptors (Lipinski definition) is 2. The lowest BCUT2D eigenvalue weighted by molar-refractivity contribution is 0.550. The monoisotopic (exact) mass is 731 g/mol. The summed E-state index contributed by atoms with van der Waals surface area (Å²) in [6, 6.07) is 67.2. The first kappa shape index (κ1) is 31.0. The molecule has 1 saturated carbocycles. The van der Waals surface area contributed by atoms with Gasteiger partial charge in [-0.15, -0.1) is 11.3 Å². The van der Waals surface area contributed by atoms with E-state index >= 15 is 0 Å². The van der Waals surface area contributed by atoms with Gasteiger partial charge in [0.1, 0.15) is 0 Å². The van der Waals surface area contributed by atoms with Crippen LogP contribution in [0.5, 0.6) is 0 Å². The molecule has 9 aromatic rings. The van der Waals surface area contributed by atoms with E-state index in [2.05, 4.69) is 181 Å². The van der Waals surface area contributed by atoms with Crippen molar-refractivity contribution in [3.8, 4) is 33.4 Å². The summed E-state index contributed by atoms with van der Waals surface area (Å²) < 4.78 is 2.64. The number of rotatable bonds is 3. The normalized spacial score (nSPS) is 15.9. The molecule has 13 rings (SSSR count). The molecular weight excluding hydrogens is 695 g/mol. The van der Waals surface area contributed by atoms with Crippen molar-refractivity contribution in [3.63, 3.8) is 0 Å². The molecule has 0 unspecified atom stereocenters. The molecule has 0 N–H and O–H groups in total. The predicted molar refractivity (Wildman–Crippen MR) is 235 cm³/mol. The fourth-order valence-electron chi connectivity index (χ4n) is 11.8. The van der Waals surface area contributed by atoms with E-state index in [1.165, 1.54) is 130 Å². The Morgan fingerprint density at radius 1 is 0.411 bits per heavy atom. The van der Waals surface area contributed by atoms with Crippen molar-refractivity contribution in [3.05, 3.63) is 209 Å². The van der Waals surface area contributed by atoms with Crippen LogP contribution in [0, 0.1) is 0 Å². The molecular formula is C54H37NS. The average Bonchev–Trinajstić information content (AvgIpc) is 4.07. The van der Waals surface area contributed by atoms with Gasteiger partial charge in [-0.05, 0) is 110 Å². The lowest BCUT2D eigenvalue weighted by Crippen LogP contribution is -2.26. The highest BCUT2D eigenvalue weighted by molar-refractivity contribution is 7.26. The third-order valence-corrected chi connectivity index (χ3v) is 15.0. The Hall–Kier alpha value is -6.22. The highest BCUT2D eigenvalue weighted by Gasteiger charge is 2.52. The van der Waals surface area contributed by atoms with Crippen LogP contribution < -0.4 is 4.90 Å². The molecule has 0 aliphatic heterocycles. The minimum Gasteiger partial charge on any atom is -0.309 e. The fraction of sp³-hybridized carbons (Fsp3) is 0.111. The topological polar surface area (TPSA) is 3.24 Å². The van der Waals surface area contributed by atoms with Gasteiger partial charge in [0, 0.05) is 36.8 Å². The number of anilines is 3. The summed E-state index contributed by atoms with van der Waals surface area (Å²) in [6.07, 6.45) is 4.97. The Morgan fingerprint density at radius 3 is 1.70 bits per heavy atom. The number of fused-ring (bicyclic) bond motifs is 18. The minimum atomic E-state index is -0.407. The molecule has 0 radical (unpaired) electrons. The highest BCUT2D eigenvalue weighted by atomic mass is 32.1. The number of thiophene rings is 1. The number of benzene rings is 8. The second-order valence-electron chi connectivity index (χ2n) is 16.2. The zero-order valence-electron chi connectivity index (χ0n) is 30.9. The van der Waals surface area contributed by atoms with Crippen molar-refractivity contribution in [2.75, 3.05) is 4.90 Å². The van der Waals surface area contributed by atoms with Gasteiger partial charge >= 0.3 is 0 Å². The summed E-state index contributed by atoms with van der Waals surface area (Å²) in [5.41, 5.74) is 20.0. The van der Waals surface area contributed by atoms with Gasteiger partial charge in [-0.25, -0.2) is 0 Å². The van der Waals surface area contributed by atoms with E-state index in [0.717, 1.165) is 0 Å². The zero-order chi connectivity index (χ0) is 36.6. The summed E-state index contributed by atoms with van der Waals surface area (Å²) in [6.45, 7) is 0. The maximum Gasteiger partial charge on any atom is 0.0726 e. The molecule has 1 aromatic heterocycles. The molecule has 4 aliphatic carbocycles. The largest absolute Gasteiger partial charge is 0.309 e. The molecule has 2 spiro atoms. The van der Waals surface area contributed by atoms with Crippen LogP contribution in [0.1, 0.15) is 59.1 Å². The van der Waals surface area contributed by atoms with Crippen LogP contribution >= 0.6 is 11.3 Å². The van der Waals surface area contributed by atoms with Crippen molar-refractivity contribution in [2.24, 2.45) is 0 Å². The molecule has 0 bridgehead atoms. The van der Waals surface area contributed by atoms with Crippen LogP contribution in [0.2, 0.25) is 0 Å². The lowest BCUT2D eigenvalue weighted by Gasteiger charge is -2.33. The molecule has 1 fully saturated rings. The molecule has 264 valence electrons.